The largest absolute Gasteiger partial charge is 0.363 e. The number of hydrogen-bond donors (Lipinski definition) is 2. The van der Waals surface area contributed by atoms with Crippen molar-refractivity contribution >= 4 is 34.2 Å². The highest BCUT2D eigenvalue weighted by molar-refractivity contribution is 8.14. The van der Waals surface area contributed by atoms with Crippen molar-refractivity contribution in [2.75, 3.05) is 4.90 Å². The molecule has 1 aromatic rings. The minimum Gasteiger partial charge on any atom is -0.363 e. The number of carbonyl (C=O) groups excluding carboxylic acids is 1. The van der Waals surface area contributed by atoms with E-state index in [0.29, 0.717) is 16.4 Å². The van der Waals surface area contributed by atoms with Gasteiger partial charge in [0.2, 0.25) is 11.6 Å². The standard InChI is InChI=1S/C14H16N4O2S/c1-8(2)16-17-13-15-14(20)10-6-4-5-7-11(10)18(9(3)19)12(14)21-13/h4-7,12,20H,1-3H3,(H,15,17)/t12-,14+/m1/s1. The molecule has 0 spiro atoms. The van der Waals surface area contributed by atoms with Gasteiger partial charge in [0.05, 0.1) is 5.69 Å². The molecule has 2 N–H and O–H groups in total. The molecule has 0 aromatic heterocycles. The molecule has 0 radical (unpaired) electrons. The Morgan fingerprint density at radius 2 is 2.14 bits per heavy atom. The molecule has 0 unspecified atom stereocenters. The van der Waals surface area contributed by atoms with Crippen LogP contribution in [0, 0.1) is 0 Å². The van der Waals surface area contributed by atoms with Crippen LogP contribution >= 0.6 is 11.8 Å². The summed E-state index contributed by atoms with van der Waals surface area (Å²) >= 11 is 1.30. The number of amides is 1. The van der Waals surface area contributed by atoms with Crippen molar-refractivity contribution in [3.8, 4) is 0 Å². The Morgan fingerprint density at radius 3 is 2.81 bits per heavy atom. The number of hydrogen-bond acceptors (Lipinski definition) is 6. The number of nitrogens with zero attached hydrogens (tertiary/aromatic N) is 3. The first-order valence-corrected chi connectivity index (χ1v) is 7.46. The molecule has 0 saturated carbocycles. The van der Waals surface area contributed by atoms with E-state index in [4.69, 9.17) is 0 Å². The Morgan fingerprint density at radius 1 is 1.43 bits per heavy atom. The molecule has 0 aliphatic carbocycles. The molecule has 6 nitrogen and oxygen atoms in total. The van der Waals surface area contributed by atoms with Gasteiger partial charge >= 0.3 is 0 Å². The minimum absolute atomic E-state index is 0.123. The minimum atomic E-state index is -1.42. The van der Waals surface area contributed by atoms with E-state index in [1.807, 2.05) is 32.0 Å². The molecular formula is C14H16N4O2S. The van der Waals surface area contributed by atoms with Gasteiger partial charge in [0.1, 0.15) is 5.37 Å². The van der Waals surface area contributed by atoms with Gasteiger partial charge in [-0.15, -0.1) is 0 Å². The Bertz CT molecular complexity index is 669. The Labute approximate surface area is 126 Å². The van der Waals surface area contributed by atoms with Crippen molar-refractivity contribution in [1.82, 2.24) is 5.43 Å². The fraction of sp³-hybridized carbons (Fsp3) is 0.357. The van der Waals surface area contributed by atoms with E-state index >= 15 is 0 Å². The molecular weight excluding hydrogens is 288 g/mol. The highest BCUT2D eigenvalue weighted by Gasteiger charge is 2.56. The van der Waals surface area contributed by atoms with Gasteiger partial charge in [-0.05, 0) is 19.9 Å². The Kier molecular flexibility index (Phi) is 3.26. The monoisotopic (exact) mass is 304 g/mol. The van der Waals surface area contributed by atoms with Crippen molar-refractivity contribution in [1.29, 1.82) is 0 Å². The van der Waals surface area contributed by atoms with Crippen molar-refractivity contribution in [2.45, 2.75) is 31.9 Å². The van der Waals surface area contributed by atoms with Crippen molar-refractivity contribution in [3.05, 3.63) is 29.8 Å². The number of aliphatic hydroxyl groups is 1. The van der Waals surface area contributed by atoms with Crippen LogP contribution in [0.15, 0.2) is 34.4 Å². The van der Waals surface area contributed by atoms with Crippen LogP contribution in [-0.2, 0) is 10.5 Å². The molecule has 7 heteroatoms. The first-order chi connectivity index (χ1) is 9.93. The van der Waals surface area contributed by atoms with Gasteiger partial charge < -0.3 is 5.11 Å². The molecule has 3 rings (SSSR count). The number of thioether (sulfide) groups is 1. The summed E-state index contributed by atoms with van der Waals surface area (Å²) in [5.74, 6) is -0.123. The van der Waals surface area contributed by atoms with E-state index in [9.17, 15) is 9.90 Å². The number of nitrogens with one attached hydrogen (secondary N) is 1. The third kappa shape index (κ3) is 2.13. The van der Waals surface area contributed by atoms with Crippen molar-refractivity contribution < 1.29 is 9.90 Å². The molecule has 1 aromatic carbocycles. The van der Waals surface area contributed by atoms with Crippen LogP contribution in [0.3, 0.4) is 0 Å². The lowest BCUT2D eigenvalue weighted by Crippen LogP contribution is -2.41. The number of fused-ring (bicyclic) bond motifs is 3. The van der Waals surface area contributed by atoms with Crippen LogP contribution in [0.2, 0.25) is 0 Å². The predicted octanol–water partition coefficient (Wildman–Crippen LogP) is 1.61. The second-order valence-corrected chi connectivity index (χ2v) is 6.26. The van der Waals surface area contributed by atoms with Crippen LogP contribution in [0.25, 0.3) is 0 Å². The van der Waals surface area contributed by atoms with Gasteiger partial charge in [0.15, 0.2) is 5.17 Å². The number of rotatable bonds is 1. The quantitative estimate of drug-likeness (QED) is 0.610. The van der Waals surface area contributed by atoms with E-state index in [1.54, 1.807) is 11.0 Å². The van der Waals surface area contributed by atoms with Crippen molar-refractivity contribution in [3.63, 3.8) is 0 Å². The zero-order valence-electron chi connectivity index (χ0n) is 12.0. The highest BCUT2D eigenvalue weighted by atomic mass is 32.2. The maximum absolute atomic E-state index is 12.0. The maximum atomic E-state index is 12.0. The van der Waals surface area contributed by atoms with E-state index < -0.39 is 11.1 Å². The van der Waals surface area contributed by atoms with Crippen LogP contribution in [0.4, 0.5) is 5.69 Å². The summed E-state index contributed by atoms with van der Waals surface area (Å²) in [7, 11) is 0. The normalized spacial score (nSPS) is 26.0. The van der Waals surface area contributed by atoms with Gasteiger partial charge in [0.25, 0.3) is 0 Å². The second kappa shape index (κ2) is 4.85. The lowest BCUT2D eigenvalue weighted by Gasteiger charge is -2.24. The summed E-state index contributed by atoms with van der Waals surface area (Å²) in [6.07, 6.45) is 0. The molecule has 2 heterocycles. The fourth-order valence-corrected chi connectivity index (χ4v) is 3.73. The molecule has 0 saturated heterocycles. The molecule has 1 amide bonds. The average Bonchev–Trinajstić information content (AvgIpc) is 2.86. The van der Waals surface area contributed by atoms with E-state index in [-0.39, 0.29) is 5.91 Å². The molecule has 21 heavy (non-hydrogen) atoms. The van der Waals surface area contributed by atoms with Gasteiger partial charge in [-0.2, -0.15) is 5.10 Å². The molecule has 2 aliphatic rings. The Balaban J connectivity index is 2.03. The van der Waals surface area contributed by atoms with E-state index in [0.717, 1.165) is 5.71 Å². The molecule has 2 aliphatic heterocycles. The second-order valence-electron chi connectivity index (χ2n) is 5.19. The first kappa shape index (κ1) is 14.1. The number of benzene rings is 1. The summed E-state index contributed by atoms with van der Waals surface area (Å²) in [6, 6.07) is 7.30. The molecule has 0 fully saturated rings. The zero-order chi connectivity index (χ0) is 15.2. The van der Waals surface area contributed by atoms with Crippen LogP contribution in [-0.4, -0.2) is 27.3 Å². The zero-order valence-corrected chi connectivity index (χ0v) is 12.8. The summed E-state index contributed by atoms with van der Waals surface area (Å²) in [5, 5.41) is 15.0. The topological polar surface area (TPSA) is 77.3 Å². The fourth-order valence-electron chi connectivity index (χ4n) is 2.52. The average molecular weight is 304 g/mol. The summed E-state index contributed by atoms with van der Waals surface area (Å²) < 4.78 is 0. The lowest BCUT2D eigenvalue weighted by atomic mass is 10.1. The van der Waals surface area contributed by atoms with Crippen molar-refractivity contribution in [2.24, 2.45) is 10.1 Å². The summed E-state index contributed by atoms with van der Waals surface area (Å²) in [4.78, 5) is 17.9. The highest BCUT2D eigenvalue weighted by Crippen LogP contribution is 2.52. The van der Waals surface area contributed by atoms with Gasteiger partial charge in [-0.25, -0.2) is 4.99 Å². The number of aliphatic imine (C=N–C) groups is 1. The summed E-state index contributed by atoms with van der Waals surface area (Å²) in [6.45, 7) is 5.21. The number of amidine groups is 1. The van der Waals surface area contributed by atoms with Crippen LogP contribution in [0.1, 0.15) is 26.3 Å². The number of hydrazone groups is 1. The number of para-hydroxylation sites is 1. The number of anilines is 1. The maximum Gasteiger partial charge on any atom is 0.225 e. The summed E-state index contributed by atoms with van der Waals surface area (Å²) in [5.41, 5.74) is 3.61. The predicted molar refractivity (Wildman–Crippen MR) is 84.2 cm³/mol. The van der Waals surface area contributed by atoms with Crippen LogP contribution < -0.4 is 10.3 Å². The lowest BCUT2D eigenvalue weighted by molar-refractivity contribution is -0.117. The molecule has 2 atom stereocenters. The van der Waals surface area contributed by atoms with E-state index in [2.05, 4.69) is 15.5 Å². The van der Waals surface area contributed by atoms with Gasteiger partial charge in [-0.3, -0.25) is 15.1 Å². The number of carbonyl (C=O) groups is 1. The van der Waals surface area contributed by atoms with E-state index in [1.165, 1.54) is 18.7 Å². The third-order valence-corrected chi connectivity index (χ3v) is 4.52. The first-order valence-electron chi connectivity index (χ1n) is 6.58. The third-order valence-electron chi connectivity index (χ3n) is 3.35. The van der Waals surface area contributed by atoms with Crippen LogP contribution in [0.5, 0.6) is 0 Å². The smallest absolute Gasteiger partial charge is 0.225 e. The molecule has 110 valence electrons. The Hall–Kier alpha value is -1.86. The van der Waals surface area contributed by atoms with Gasteiger partial charge in [0, 0.05) is 18.2 Å². The SMILES string of the molecule is CC(=O)N1c2ccccc2[C@@]2(O)N=C(NN=C(C)C)S[C@@H]12. The molecule has 0 bridgehead atoms. The van der Waals surface area contributed by atoms with Gasteiger partial charge in [-0.1, -0.05) is 30.0 Å².